The summed E-state index contributed by atoms with van der Waals surface area (Å²) in [6.45, 7) is 8.64. The summed E-state index contributed by atoms with van der Waals surface area (Å²) < 4.78 is 58.1. The van der Waals surface area contributed by atoms with E-state index >= 15 is 4.39 Å². The van der Waals surface area contributed by atoms with Crippen LogP contribution in [0.4, 0.5) is 28.0 Å². The van der Waals surface area contributed by atoms with Gasteiger partial charge in [0.15, 0.2) is 11.0 Å². The number of hydrogen-bond donors (Lipinski definition) is 1. The summed E-state index contributed by atoms with van der Waals surface area (Å²) in [6, 6.07) is 16.6. The first-order valence-corrected chi connectivity index (χ1v) is 15.8. The number of ether oxygens (including phenoxy) is 1. The number of aryl methyl sites for hydroxylation is 1. The first-order valence-electron chi connectivity index (χ1n) is 14.8. The van der Waals surface area contributed by atoms with Gasteiger partial charge >= 0.3 is 12.4 Å². The number of aromatic nitrogens is 3. The number of nitrogens with one attached hydrogen (secondary N) is 1. The van der Waals surface area contributed by atoms with Gasteiger partial charge in [-0.3, -0.25) is 0 Å². The fraction of sp³-hybridized carbons (Fsp3) is 0.333. The van der Waals surface area contributed by atoms with Crippen LogP contribution in [0.15, 0.2) is 78.0 Å². The fourth-order valence-electron chi connectivity index (χ4n) is 5.06. The van der Waals surface area contributed by atoms with Gasteiger partial charge in [-0.05, 0) is 73.2 Å². The van der Waals surface area contributed by atoms with Crippen LogP contribution in [0.2, 0.25) is 0 Å². The molecule has 2 unspecified atom stereocenters. The van der Waals surface area contributed by atoms with E-state index in [9.17, 15) is 18.0 Å². The van der Waals surface area contributed by atoms with Crippen molar-refractivity contribution in [3.63, 3.8) is 0 Å². The molecule has 4 aromatic rings. The van der Waals surface area contributed by atoms with Gasteiger partial charge in [-0.15, -0.1) is 18.3 Å². The highest BCUT2D eigenvalue weighted by atomic mass is 32.2. The summed E-state index contributed by atoms with van der Waals surface area (Å²) in [5.74, 6) is 1.14. The molecular formula is C33H34F4N6O2S. The van der Waals surface area contributed by atoms with Gasteiger partial charge in [-0.2, -0.15) is 4.99 Å². The van der Waals surface area contributed by atoms with Crippen molar-refractivity contribution in [3.05, 3.63) is 89.7 Å². The van der Waals surface area contributed by atoms with E-state index in [0.29, 0.717) is 33.7 Å². The number of nitrogens with zero attached hydrogens (tertiary/aromatic N) is 5. The number of rotatable bonds is 8. The minimum Gasteiger partial charge on any atom is -0.406 e. The summed E-state index contributed by atoms with van der Waals surface area (Å²) in [5, 5.41) is 7.67. The second-order valence-electron chi connectivity index (χ2n) is 11.3. The Morgan fingerprint density at radius 3 is 2.43 bits per heavy atom. The maximum absolute atomic E-state index is 15.5. The molecule has 46 heavy (non-hydrogen) atoms. The van der Waals surface area contributed by atoms with Crippen molar-refractivity contribution in [1.82, 2.24) is 20.1 Å². The number of urea groups is 1. The average Bonchev–Trinajstić information content (AvgIpc) is 3.51. The maximum Gasteiger partial charge on any atom is 0.573 e. The van der Waals surface area contributed by atoms with E-state index in [1.807, 2.05) is 6.92 Å². The Hall–Kier alpha value is -4.39. The Morgan fingerprint density at radius 1 is 1.04 bits per heavy atom. The molecule has 1 fully saturated rings. The largest absolute Gasteiger partial charge is 0.573 e. The maximum atomic E-state index is 15.5. The second kappa shape index (κ2) is 13.9. The molecular weight excluding hydrogens is 620 g/mol. The summed E-state index contributed by atoms with van der Waals surface area (Å²) >= 11 is 1.52. The zero-order valence-electron chi connectivity index (χ0n) is 25.8. The zero-order chi connectivity index (χ0) is 33.0. The lowest BCUT2D eigenvalue weighted by atomic mass is 9.98. The average molecular weight is 655 g/mol. The smallest absolute Gasteiger partial charge is 0.406 e. The normalized spacial score (nSPS) is 16.0. The van der Waals surface area contributed by atoms with E-state index in [-0.39, 0.29) is 5.75 Å². The summed E-state index contributed by atoms with van der Waals surface area (Å²) in [6.07, 6.45) is -3.89. The van der Waals surface area contributed by atoms with Gasteiger partial charge in [0.25, 0.3) is 0 Å². The van der Waals surface area contributed by atoms with Crippen LogP contribution < -0.4 is 15.0 Å². The van der Waals surface area contributed by atoms with E-state index in [2.05, 4.69) is 62.1 Å². The van der Waals surface area contributed by atoms with Gasteiger partial charge in [0.2, 0.25) is 0 Å². The Balaban J connectivity index is 1.23. The highest BCUT2D eigenvalue weighted by Crippen LogP contribution is 2.33. The SMILES string of the molecule is Cc1ccc(C(C)C)c(N2CCCSC2=NC(=O)NC(C)C(F)c2ccc(-c3ncn(-c4ccc(OC(F)(F)F)cc4)n3)cc2)c1. The Morgan fingerprint density at radius 2 is 1.76 bits per heavy atom. The molecule has 1 aliphatic rings. The van der Waals surface area contributed by atoms with Gasteiger partial charge in [0.1, 0.15) is 18.2 Å². The number of amidine groups is 1. The summed E-state index contributed by atoms with van der Waals surface area (Å²) in [5.41, 5.74) is 4.79. The molecule has 242 valence electrons. The fourth-order valence-corrected chi connectivity index (χ4v) is 6.01. The van der Waals surface area contributed by atoms with E-state index < -0.39 is 24.6 Å². The van der Waals surface area contributed by atoms with Crippen LogP contribution in [0.1, 0.15) is 56.0 Å². The minimum atomic E-state index is -4.78. The predicted molar refractivity (Wildman–Crippen MR) is 172 cm³/mol. The number of benzene rings is 3. The summed E-state index contributed by atoms with van der Waals surface area (Å²) in [7, 11) is 0. The number of carbonyl (C=O) groups is 1. The first kappa shape index (κ1) is 33.0. The molecule has 3 aromatic carbocycles. The van der Waals surface area contributed by atoms with Crippen LogP contribution >= 0.6 is 11.8 Å². The van der Waals surface area contributed by atoms with Gasteiger partial charge in [-0.25, -0.2) is 18.9 Å². The highest BCUT2D eigenvalue weighted by Gasteiger charge is 2.31. The van der Waals surface area contributed by atoms with Crippen molar-refractivity contribution < 1.29 is 27.1 Å². The summed E-state index contributed by atoms with van der Waals surface area (Å²) in [4.78, 5) is 23.7. The van der Waals surface area contributed by atoms with Gasteiger partial charge in [-0.1, -0.05) is 62.0 Å². The van der Waals surface area contributed by atoms with Crippen molar-refractivity contribution in [2.45, 2.75) is 58.6 Å². The number of anilines is 1. The molecule has 1 aromatic heterocycles. The number of halogens is 4. The highest BCUT2D eigenvalue weighted by molar-refractivity contribution is 8.14. The molecule has 0 aliphatic carbocycles. The van der Waals surface area contributed by atoms with Crippen molar-refractivity contribution in [2.24, 2.45) is 4.99 Å². The van der Waals surface area contributed by atoms with Crippen LogP contribution in [0, 0.1) is 6.92 Å². The Bertz CT molecular complexity index is 1690. The van der Waals surface area contributed by atoms with Gasteiger partial charge in [0.05, 0.1) is 11.7 Å². The van der Waals surface area contributed by atoms with Gasteiger partial charge in [0, 0.05) is 23.5 Å². The monoisotopic (exact) mass is 654 g/mol. The van der Waals surface area contributed by atoms with Crippen molar-refractivity contribution >= 4 is 28.6 Å². The molecule has 1 saturated heterocycles. The molecule has 0 saturated carbocycles. The van der Waals surface area contributed by atoms with E-state index in [1.54, 1.807) is 31.2 Å². The molecule has 8 nitrogen and oxygen atoms in total. The first-order chi connectivity index (χ1) is 21.9. The number of hydrogen-bond acceptors (Lipinski definition) is 5. The minimum absolute atomic E-state index is 0.297. The van der Waals surface area contributed by atoms with Crippen LogP contribution in [-0.4, -0.2) is 50.7 Å². The van der Waals surface area contributed by atoms with Crippen molar-refractivity contribution in [2.75, 3.05) is 17.2 Å². The number of amides is 2. The Kier molecular flexibility index (Phi) is 10.00. The molecule has 2 heterocycles. The standard InChI is InChI=1S/C33H34F4N6O2S/c1-20(2)27-15-6-21(3)18-28(27)42-16-5-17-46-32(42)40-31(44)39-22(4)29(34)23-7-9-24(10-8-23)30-38-19-43(41-30)25-11-13-26(14-12-25)45-33(35,36)37/h6-15,18-20,22,29H,5,16-17H2,1-4H3,(H,39,44). The topological polar surface area (TPSA) is 84.6 Å². The second-order valence-corrected chi connectivity index (χ2v) is 12.3. The van der Waals surface area contributed by atoms with Gasteiger partial charge < -0.3 is 15.0 Å². The molecule has 0 radical (unpaired) electrons. The van der Waals surface area contributed by atoms with Crippen molar-refractivity contribution in [3.8, 4) is 22.8 Å². The van der Waals surface area contributed by atoms with Crippen LogP contribution in [-0.2, 0) is 0 Å². The Labute approximate surface area is 268 Å². The van der Waals surface area contributed by atoms with Crippen molar-refractivity contribution in [1.29, 1.82) is 0 Å². The van der Waals surface area contributed by atoms with E-state index in [0.717, 1.165) is 30.0 Å². The molecule has 1 N–H and O–H groups in total. The predicted octanol–water partition coefficient (Wildman–Crippen LogP) is 8.37. The number of aliphatic imine (C=N–C) groups is 1. The molecule has 0 spiro atoms. The molecule has 0 bridgehead atoms. The lowest BCUT2D eigenvalue weighted by Crippen LogP contribution is -2.38. The third-order valence-electron chi connectivity index (χ3n) is 7.39. The third-order valence-corrected chi connectivity index (χ3v) is 8.45. The number of carbonyl (C=O) groups excluding carboxylic acids is 1. The van der Waals surface area contributed by atoms with Crippen LogP contribution in [0.3, 0.4) is 0 Å². The molecule has 2 atom stereocenters. The van der Waals surface area contributed by atoms with E-state index in [4.69, 9.17) is 0 Å². The number of alkyl halides is 4. The molecule has 5 rings (SSSR count). The molecule has 2 amide bonds. The van der Waals surface area contributed by atoms with Crippen LogP contribution in [0.25, 0.3) is 17.1 Å². The lowest BCUT2D eigenvalue weighted by Gasteiger charge is -2.32. The van der Waals surface area contributed by atoms with Crippen LogP contribution in [0.5, 0.6) is 5.75 Å². The lowest BCUT2D eigenvalue weighted by molar-refractivity contribution is -0.274. The molecule has 1 aliphatic heterocycles. The quantitative estimate of drug-likeness (QED) is 0.192. The number of thioether (sulfide) groups is 1. The zero-order valence-corrected chi connectivity index (χ0v) is 26.6. The third kappa shape index (κ3) is 8.06. The van der Waals surface area contributed by atoms with E-state index in [1.165, 1.54) is 52.6 Å². The molecule has 13 heteroatoms.